The number of para-hydroxylation sites is 1. The molecule has 150 valence electrons. The molecular weight excluding hydrogens is 362 g/mol. The van der Waals surface area contributed by atoms with Gasteiger partial charge in [-0.1, -0.05) is 18.2 Å². The molecule has 0 aliphatic heterocycles. The van der Waals surface area contributed by atoms with Gasteiger partial charge in [-0.25, -0.2) is 0 Å². The van der Waals surface area contributed by atoms with Gasteiger partial charge in [0.05, 0.1) is 24.7 Å². The van der Waals surface area contributed by atoms with Crippen LogP contribution in [0.4, 0.5) is 0 Å². The second kappa shape index (κ2) is 7.75. The number of hydrogen-bond acceptors (Lipinski definition) is 6. The van der Waals surface area contributed by atoms with Crippen LogP contribution < -0.4 is 0 Å². The molecule has 1 fully saturated rings. The minimum atomic E-state index is -1.64. The second-order valence-corrected chi connectivity index (χ2v) is 7.28. The van der Waals surface area contributed by atoms with Crippen LogP contribution >= 0.6 is 0 Å². The number of aromatic nitrogens is 1. The molecule has 7 heteroatoms. The summed E-state index contributed by atoms with van der Waals surface area (Å²) in [6.07, 6.45) is 1.36. The first-order valence-electron chi connectivity index (χ1n) is 9.46. The highest BCUT2D eigenvalue weighted by Crippen LogP contribution is 2.48. The molecule has 28 heavy (non-hydrogen) atoms. The second-order valence-electron chi connectivity index (χ2n) is 7.28. The summed E-state index contributed by atoms with van der Waals surface area (Å²) in [5.41, 5.74) is -0.226. The van der Waals surface area contributed by atoms with Gasteiger partial charge in [0.15, 0.2) is 5.78 Å². The van der Waals surface area contributed by atoms with Gasteiger partial charge in [-0.15, -0.1) is 0 Å². The van der Waals surface area contributed by atoms with Crippen LogP contribution in [-0.4, -0.2) is 46.6 Å². The summed E-state index contributed by atoms with van der Waals surface area (Å²) in [6.45, 7) is 5.01. The largest absolute Gasteiger partial charge is 0.466 e. The van der Waals surface area contributed by atoms with Gasteiger partial charge >= 0.3 is 11.9 Å². The molecule has 0 amide bonds. The van der Waals surface area contributed by atoms with Gasteiger partial charge in [0.1, 0.15) is 5.92 Å². The van der Waals surface area contributed by atoms with E-state index >= 15 is 0 Å². The highest BCUT2D eigenvalue weighted by atomic mass is 16.5. The Morgan fingerprint density at radius 3 is 2.50 bits per heavy atom. The average molecular weight is 387 g/mol. The lowest BCUT2D eigenvalue weighted by Crippen LogP contribution is -2.55. The zero-order chi connectivity index (χ0) is 20.5. The van der Waals surface area contributed by atoms with Crippen LogP contribution in [0.1, 0.15) is 38.7 Å². The summed E-state index contributed by atoms with van der Waals surface area (Å²) in [7, 11) is 0. The molecule has 0 spiro atoms. The number of ether oxygens (including phenoxy) is 2. The third-order valence-corrected chi connectivity index (χ3v) is 5.33. The maximum atomic E-state index is 12.9. The van der Waals surface area contributed by atoms with Crippen LogP contribution in [0.3, 0.4) is 0 Å². The number of nitrogens with one attached hydrogen (secondary N) is 1. The number of ketones is 1. The van der Waals surface area contributed by atoms with Crippen LogP contribution in [0.5, 0.6) is 0 Å². The summed E-state index contributed by atoms with van der Waals surface area (Å²) in [4.78, 5) is 41.5. The van der Waals surface area contributed by atoms with Crippen LogP contribution in [0.2, 0.25) is 0 Å². The zero-order valence-corrected chi connectivity index (χ0v) is 16.2. The molecule has 3 rings (SSSR count). The number of Topliss-reactive ketones (excluding diaryl/α,β-unsaturated/α-hetero) is 1. The Morgan fingerprint density at radius 1 is 1.18 bits per heavy atom. The number of hydrogen-bond donors (Lipinski definition) is 2. The van der Waals surface area contributed by atoms with E-state index < -0.39 is 41.1 Å². The fourth-order valence-electron chi connectivity index (χ4n) is 4.22. The number of esters is 2. The summed E-state index contributed by atoms with van der Waals surface area (Å²) in [5, 5.41) is 11.8. The molecule has 2 aromatic rings. The van der Waals surface area contributed by atoms with Crippen LogP contribution in [0, 0.1) is 11.8 Å². The van der Waals surface area contributed by atoms with Gasteiger partial charge in [0.25, 0.3) is 0 Å². The Hall–Kier alpha value is -2.67. The third-order valence-electron chi connectivity index (χ3n) is 5.33. The van der Waals surface area contributed by atoms with Crippen molar-refractivity contribution in [3.63, 3.8) is 0 Å². The first-order valence-corrected chi connectivity index (χ1v) is 9.46. The normalized spacial score (nSPS) is 27.6. The molecule has 1 aliphatic carbocycles. The average Bonchev–Trinajstić information content (AvgIpc) is 3.04. The fourth-order valence-corrected chi connectivity index (χ4v) is 4.22. The number of benzene rings is 1. The number of rotatable bonds is 5. The Kier molecular flexibility index (Phi) is 5.56. The molecule has 0 saturated heterocycles. The van der Waals surface area contributed by atoms with Gasteiger partial charge in [-0.3, -0.25) is 14.4 Å². The predicted octanol–water partition coefficient (Wildman–Crippen LogP) is 2.33. The van der Waals surface area contributed by atoms with E-state index in [1.807, 2.05) is 24.3 Å². The molecule has 1 aromatic heterocycles. The Bertz CT molecular complexity index is 899. The number of aliphatic hydroxyl groups is 1. The van der Waals surface area contributed by atoms with Gasteiger partial charge in [-0.2, -0.15) is 0 Å². The van der Waals surface area contributed by atoms with Crippen molar-refractivity contribution in [2.75, 3.05) is 13.2 Å². The third kappa shape index (κ3) is 3.42. The van der Waals surface area contributed by atoms with Crippen molar-refractivity contribution in [3.8, 4) is 0 Å². The molecule has 0 bridgehead atoms. The van der Waals surface area contributed by atoms with Crippen molar-refractivity contribution < 1.29 is 29.0 Å². The monoisotopic (exact) mass is 387 g/mol. The first kappa shape index (κ1) is 20.1. The fraction of sp³-hybridized carbons (Fsp3) is 0.476. The SMILES string of the molecule is CCOC(=O)C1C(=O)CC(C)(O)C(C(=O)OCC)C1c1c[nH]c2ccccc12. The van der Waals surface area contributed by atoms with Gasteiger partial charge in [-0.05, 0) is 32.4 Å². The molecular formula is C21H25NO6. The molecule has 1 aliphatic rings. The van der Waals surface area contributed by atoms with Crippen LogP contribution in [-0.2, 0) is 23.9 Å². The lowest BCUT2D eigenvalue weighted by molar-refractivity contribution is -0.172. The zero-order valence-electron chi connectivity index (χ0n) is 16.2. The first-order chi connectivity index (χ1) is 13.3. The highest BCUT2D eigenvalue weighted by molar-refractivity contribution is 6.03. The van der Waals surface area contributed by atoms with E-state index in [0.717, 1.165) is 10.9 Å². The molecule has 1 aromatic carbocycles. The van der Waals surface area contributed by atoms with E-state index in [1.165, 1.54) is 6.92 Å². The molecule has 1 heterocycles. The summed E-state index contributed by atoms with van der Waals surface area (Å²) in [6, 6.07) is 7.40. The quantitative estimate of drug-likeness (QED) is 0.603. The van der Waals surface area contributed by atoms with E-state index in [0.29, 0.717) is 5.56 Å². The molecule has 4 atom stereocenters. The lowest BCUT2D eigenvalue weighted by Gasteiger charge is -2.43. The number of carbonyl (C=O) groups excluding carboxylic acids is 3. The molecule has 0 radical (unpaired) electrons. The molecule has 4 unspecified atom stereocenters. The number of fused-ring (bicyclic) bond motifs is 1. The van der Waals surface area contributed by atoms with Crippen molar-refractivity contribution in [3.05, 3.63) is 36.0 Å². The predicted molar refractivity (Wildman–Crippen MR) is 102 cm³/mol. The van der Waals surface area contributed by atoms with Crippen molar-refractivity contribution >= 4 is 28.6 Å². The van der Waals surface area contributed by atoms with E-state index in [1.54, 1.807) is 20.0 Å². The number of aromatic amines is 1. The van der Waals surface area contributed by atoms with Crippen molar-refractivity contribution in [2.45, 2.75) is 38.7 Å². The van der Waals surface area contributed by atoms with Crippen molar-refractivity contribution in [2.24, 2.45) is 11.8 Å². The van der Waals surface area contributed by atoms with Crippen LogP contribution in [0.15, 0.2) is 30.5 Å². The summed E-state index contributed by atoms with van der Waals surface area (Å²) >= 11 is 0. The number of H-pyrrole nitrogens is 1. The Labute approximate surface area is 163 Å². The maximum Gasteiger partial charge on any atom is 0.317 e. The van der Waals surface area contributed by atoms with E-state index in [9.17, 15) is 19.5 Å². The summed E-state index contributed by atoms with van der Waals surface area (Å²) in [5.74, 6) is -4.94. The van der Waals surface area contributed by atoms with Gasteiger partial charge in [0, 0.05) is 29.4 Å². The Balaban J connectivity index is 2.21. The van der Waals surface area contributed by atoms with Crippen molar-refractivity contribution in [1.29, 1.82) is 0 Å². The highest BCUT2D eigenvalue weighted by Gasteiger charge is 2.57. The number of carbonyl (C=O) groups is 3. The van der Waals surface area contributed by atoms with Gasteiger partial charge in [0.2, 0.25) is 0 Å². The van der Waals surface area contributed by atoms with E-state index in [4.69, 9.17) is 9.47 Å². The molecule has 7 nitrogen and oxygen atoms in total. The smallest absolute Gasteiger partial charge is 0.317 e. The maximum absolute atomic E-state index is 12.9. The minimum Gasteiger partial charge on any atom is -0.466 e. The topological polar surface area (TPSA) is 106 Å². The minimum absolute atomic E-state index is 0.115. The van der Waals surface area contributed by atoms with E-state index in [2.05, 4.69) is 4.98 Å². The molecule has 2 N–H and O–H groups in total. The van der Waals surface area contributed by atoms with Gasteiger partial charge < -0.3 is 19.6 Å². The van der Waals surface area contributed by atoms with Crippen LogP contribution in [0.25, 0.3) is 10.9 Å². The Morgan fingerprint density at radius 2 is 1.82 bits per heavy atom. The standard InChI is InChI=1S/C21H25NO6/c1-4-27-19(24)17-15(23)10-21(3,26)18(20(25)28-5-2)16(17)13-11-22-14-9-7-6-8-12(13)14/h6-9,11,16-18,22,26H,4-5,10H2,1-3H3. The lowest BCUT2D eigenvalue weighted by atomic mass is 9.61. The summed E-state index contributed by atoms with van der Waals surface area (Å²) < 4.78 is 10.4. The van der Waals surface area contributed by atoms with Crippen molar-refractivity contribution in [1.82, 2.24) is 4.98 Å². The van der Waals surface area contributed by atoms with E-state index in [-0.39, 0.29) is 19.6 Å². The molecule has 1 saturated carbocycles.